The fraction of sp³-hybridized carbons (Fsp3) is 0. The molecule has 0 spiro atoms. The first-order chi connectivity index (χ1) is 30.2. The molecular formula is C58H37NS2. The van der Waals surface area contributed by atoms with Crippen LogP contribution in [0.25, 0.3) is 95.6 Å². The lowest BCUT2D eigenvalue weighted by Gasteiger charge is -2.28. The molecule has 10 aromatic carbocycles. The van der Waals surface area contributed by atoms with E-state index in [1.54, 1.807) is 0 Å². The number of benzene rings is 10. The van der Waals surface area contributed by atoms with Crippen LogP contribution in [0, 0.1) is 0 Å². The van der Waals surface area contributed by atoms with E-state index >= 15 is 0 Å². The summed E-state index contributed by atoms with van der Waals surface area (Å²) in [7, 11) is 0. The smallest absolute Gasteiger partial charge is 0.0540 e. The summed E-state index contributed by atoms with van der Waals surface area (Å²) in [4.78, 5) is 2.44. The van der Waals surface area contributed by atoms with Crippen LogP contribution in [0.4, 0.5) is 17.1 Å². The van der Waals surface area contributed by atoms with Crippen molar-refractivity contribution in [3.8, 4) is 44.5 Å². The maximum Gasteiger partial charge on any atom is 0.0540 e. The van der Waals surface area contributed by atoms with Crippen LogP contribution < -0.4 is 4.90 Å². The van der Waals surface area contributed by atoms with E-state index in [1.165, 1.54) is 95.6 Å². The number of anilines is 3. The third kappa shape index (κ3) is 6.21. The van der Waals surface area contributed by atoms with Crippen LogP contribution >= 0.6 is 22.7 Å². The van der Waals surface area contributed by atoms with Gasteiger partial charge in [-0.2, -0.15) is 0 Å². The molecule has 12 rings (SSSR count). The molecule has 61 heavy (non-hydrogen) atoms. The van der Waals surface area contributed by atoms with Gasteiger partial charge in [-0.25, -0.2) is 0 Å². The lowest BCUT2D eigenvalue weighted by atomic mass is 9.91. The quantitative estimate of drug-likeness (QED) is 0.155. The highest BCUT2D eigenvalue weighted by molar-refractivity contribution is 7.26. The molecule has 0 N–H and O–H groups in total. The molecule has 0 atom stereocenters. The molecule has 1 nitrogen and oxygen atoms in total. The van der Waals surface area contributed by atoms with Crippen molar-refractivity contribution in [2.75, 3.05) is 4.90 Å². The summed E-state index contributed by atoms with van der Waals surface area (Å²) in [6.45, 7) is 0. The van der Waals surface area contributed by atoms with Gasteiger partial charge in [0.1, 0.15) is 0 Å². The fourth-order valence-corrected chi connectivity index (χ4v) is 11.4. The molecule has 0 fully saturated rings. The molecule has 0 saturated heterocycles. The van der Waals surface area contributed by atoms with Crippen LogP contribution in [0.2, 0.25) is 0 Å². The van der Waals surface area contributed by atoms with Gasteiger partial charge in [-0.1, -0.05) is 164 Å². The summed E-state index contributed by atoms with van der Waals surface area (Å²) in [6, 6.07) is 82.5. The SMILES string of the molecule is c1cc(-c2ccccc2-c2cccc3ccccc23)cc(N(c2ccc(-c3ccc4c(c3)sc3ccccc34)cc2)c2ccccc2-c2ccc3sc4ccccc4c3c2)c1. The predicted octanol–water partition coefficient (Wildman–Crippen LogP) is 17.7. The summed E-state index contributed by atoms with van der Waals surface area (Å²) >= 11 is 3.73. The van der Waals surface area contributed by atoms with Crippen molar-refractivity contribution < 1.29 is 0 Å². The standard InChI is InChI=1S/C58H37NS2/c1-2-17-45-39(13-1)14-12-23-49(45)48-20-4-3-18-46(48)41-15-11-16-44(35-41)59(43-31-27-38(28-32-43)40-29-33-52-50-21-6-9-25-55(50)61-58(52)37-40)54-24-8-5-19-47(54)42-30-34-57-53(36-42)51-22-7-10-26-56(51)60-57/h1-37H. The monoisotopic (exact) mass is 811 g/mol. The van der Waals surface area contributed by atoms with Crippen LogP contribution in [0.3, 0.4) is 0 Å². The van der Waals surface area contributed by atoms with Gasteiger partial charge in [-0.05, 0) is 110 Å². The molecule has 0 amide bonds. The van der Waals surface area contributed by atoms with Crippen molar-refractivity contribution in [2.45, 2.75) is 0 Å². The number of para-hydroxylation sites is 1. The second-order valence-electron chi connectivity index (χ2n) is 15.6. The predicted molar refractivity (Wildman–Crippen MR) is 266 cm³/mol. The number of thiophene rings is 2. The average Bonchev–Trinajstić information content (AvgIpc) is 3.90. The maximum absolute atomic E-state index is 2.44. The Labute approximate surface area is 362 Å². The number of hydrogen-bond acceptors (Lipinski definition) is 3. The van der Waals surface area contributed by atoms with Crippen molar-refractivity contribution in [1.82, 2.24) is 0 Å². The molecule has 0 unspecified atom stereocenters. The third-order valence-corrected chi connectivity index (χ3v) is 14.4. The van der Waals surface area contributed by atoms with Crippen LogP contribution in [-0.2, 0) is 0 Å². The second-order valence-corrected chi connectivity index (χ2v) is 17.8. The molecule has 0 saturated carbocycles. The van der Waals surface area contributed by atoms with Gasteiger partial charge in [0.2, 0.25) is 0 Å². The Kier molecular flexibility index (Phi) is 8.62. The topological polar surface area (TPSA) is 3.24 Å². The summed E-state index contributed by atoms with van der Waals surface area (Å²) in [5, 5.41) is 7.75. The minimum atomic E-state index is 1.10. The molecule has 2 aromatic heterocycles. The first kappa shape index (κ1) is 35.6. The lowest BCUT2D eigenvalue weighted by molar-refractivity contribution is 1.28. The maximum atomic E-state index is 2.44. The van der Waals surface area contributed by atoms with E-state index in [9.17, 15) is 0 Å². The molecule has 286 valence electrons. The summed E-state index contributed by atoms with van der Waals surface area (Å²) in [6.07, 6.45) is 0. The molecule has 0 radical (unpaired) electrons. The zero-order chi connectivity index (χ0) is 40.3. The van der Waals surface area contributed by atoms with E-state index in [1.807, 2.05) is 22.7 Å². The van der Waals surface area contributed by atoms with E-state index in [0.29, 0.717) is 0 Å². The first-order valence-corrected chi connectivity index (χ1v) is 22.4. The van der Waals surface area contributed by atoms with Gasteiger partial charge in [0.25, 0.3) is 0 Å². The van der Waals surface area contributed by atoms with Gasteiger partial charge in [0.05, 0.1) is 5.69 Å². The lowest BCUT2D eigenvalue weighted by Crippen LogP contribution is -2.11. The Hall–Kier alpha value is -7.30. The van der Waals surface area contributed by atoms with Gasteiger partial charge >= 0.3 is 0 Å². The van der Waals surface area contributed by atoms with Gasteiger partial charge in [0, 0.05) is 57.3 Å². The van der Waals surface area contributed by atoms with Crippen LogP contribution in [0.1, 0.15) is 0 Å². The Balaban J connectivity index is 1.01. The number of rotatable bonds is 7. The number of fused-ring (bicyclic) bond motifs is 7. The molecule has 0 aliphatic carbocycles. The highest BCUT2D eigenvalue weighted by atomic mass is 32.1. The largest absolute Gasteiger partial charge is 0.310 e. The van der Waals surface area contributed by atoms with Crippen molar-refractivity contribution in [2.24, 2.45) is 0 Å². The van der Waals surface area contributed by atoms with Gasteiger partial charge < -0.3 is 4.90 Å². The van der Waals surface area contributed by atoms with E-state index in [4.69, 9.17) is 0 Å². The first-order valence-electron chi connectivity index (χ1n) is 20.7. The van der Waals surface area contributed by atoms with Crippen molar-refractivity contribution in [3.63, 3.8) is 0 Å². The summed E-state index contributed by atoms with van der Waals surface area (Å²) in [5.41, 5.74) is 13.0. The minimum absolute atomic E-state index is 1.10. The zero-order valence-electron chi connectivity index (χ0n) is 33.1. The third-order valence-electron chi connectivity index (χ3n) is 12.1. The van der Waals surface area contributed by atoms with E-state index < -0.39 is 0 Å². The zero-order valence-corrected chi connectivity index (χ0v) is 34.8. The number of nitrogens with zero attached hydrogens (tertiary/aromatic N) is 1. The molecule has 2 heterocycles. The van der Waals surface area contributed by atoms with Gasteiger partial charge in [-0.3, -0.25) is 0 Å². The van der Waals surface area contributed by atoms with E-state index in [-0.39, 0.29) is 0 Å². The Morgan fingerprint density at radius 2 is 0.820 bits per heavy atom. The van der Waals surface area contributed by atoms with Crippen molar-refractivity contribution >= 4 is 90.9 Å². The molecule has 3 heteroatoms. The summed E-state index contributed by atoms with van der Waals surface area (Å²) in [5.74, 6) is 0. The minimum Gasteiger partial charge on any atom is -0.310 e. The highest BCUT2D eigenvalue weighted by Gasteiger charge is 2.20. The van der Waals surface area contributed by atoms with Crippen molar-refractivity contribution in [1.29, 1.82) is 0 Å². The van der Waals surface area contributed by atoms with Crippen LogP contribution in [-0.4, -0.2) is 0 Å². The molecule has 0 bridgehead atoms. The van der Waals surface area contributed by atoms with Gasteiger partial charge in [0.15, 0.2) is 0 Å². The highest BCUT2D eigenvalue weighted by Crippen LogP contribution is 2.45. The molecule has 12 aromatic rings. The summed E-state index contributed by atoms with van der Waals surface area (Å²) < 4.78 is 5.26. The normalized spacial score (nSPS) is 11.6. The molecule has 0 aliphatic rings. The average molecular weight is 812 g/mol. The van der Waals surface area contributed by atoms with E-state index in [0.717, 1.165) is 17.1 Å². The Bertz CT molecular complexity index is 3600. The van der Waals surface area contributed by atoms with Gasteiger partial charge in [-0.15, -0.1) is 22.7 Å². The van der Waals surface area contributed by atoms with Crippen molar-refractivity contribution in [3.05, 3.63) is 224 Å². The van der Waals surface area contributed by atoms with Crippen LogP contribution in [0.5, 0.6) is 0 Å². The van der Waals surface area contributed by atoms with E-state index in [2.05, 4.69) is 229 Å². The molecule has 0 aliphatic heterocycles. The number of hydrogen-bond donors (Lipinski definition) is 0. The fourth-order valence-electron chi connectivity index (χ4n) is 9.18. The Morgan fingerprint density at radius 3 is 1.66 bits per heavy atom. The van der Waals surface area contributed by atoms with Crippen LogP contribution in [0.15, 0.2) is 224 Å². The second kappa shape index (κ2) is 14.8. The molecular weight excluding hydrogens is 775 g/mol. The Morgan fingerprint density at radius 1 is 0.262 bits per heavy atom.